The van der Waals surface area contributed by atoms with E-state index in [1.54, 1.807) is 12.5 Å². The van der Waals surface area contributed by atoms with Crippen molar-refractivity contribution in [3.05, 3.63) is 107 Å². The van der Waals surface area contributed by atoms with Crippen molar-refractivity contribution in [3.8, 4) is 0 Å². The quantitative estimate of drug-likeness (QED) is 0.244. The van der Waals surface area contributed by atoms with E-state index in [9.17, 15) is 0 Å². The van der Waals surface area contributed by atoms with Crippen molar-refractivity contribution in [1.29, 1.82) is 0 Å². The van der Waals surface area contributed by atoms with Gasteiger partial charge in [-0.15, -0.1) is 0 Å². The van der Waals surface area contributed by atoms with Crippen molar-refractivity contribution in [3.63, 3.8) is 0 Å². The van der Waals surface area contributed by atoms with Gasteiger partial charge in [0, 0.05) is 10.8 Å². The van der Waals surface area contributed by atoms with Gasteiger partial charge in [0.1, 0.15) is 17.9 Å². The average Bonchev–Trinajstić information content (AvgIpc) is 3.46. The average molecular weight is 608 g/mol. The summed E-state index contributed by atoms with van der Waals surface area (Å²) in [4.78, 5) is 9.69. The van der Waals surface area contributed by atoms with Crippen LogP contribution in [-0.2, 0) is 37.3 Å². The molecule has 0 atom stereocenters. The molecule has 2 aromatic carbocycles. The van der Waals surface area contributed by atoms with Crippen molar-refractivity contribution in [2.75, 3.05) is 0 Å². The Hall–Kier alpha value is -2.45. The molecule has 0 amide bonds. The molecule has 4 aromatic rings. The monoisotopic (exact) mass is 607 g/mol. The second-order valence-electron chi connectivity index (χ2n) is 9.50. The summed E-state index contributed by atoms with van der Waals surface area (Å²) in [5.74, 6) is 1.15. The van der Waals surface area contributed by atoms with Crippen molar-refractivity contribution < 1.29 is 29.9 Å². The summed E-state index contributed by atoms with van der Waals surface area (Å²) in [5, 5.41) is 0. The zero-order valence-electron chi connectivity index (χ0n) is 19.3. The molecule has 0 aliphatic rings. The van der Waals surface area contributed by atoms with Crippen LogP contribution in [0.25, 0.3) is 0 Å². The van der Waals surface area contributed by atoms with Crippen molar-refractivity contribution in [1.82, 2.24) is 9.97 Å². The second kappa shape index (κ2) is 8.82. The Morgan fingerprint density at radius 1 is 0.625 bits per heavy atom. The first-order valence-corrected chi connectivity index (χ1v) is 10.5. The molecule has 2 aromatic heterocycles. The summed E-state index contributed by atoms with van der Waals surface area (Å²) in [6.07, 6.45) is 3.45. The van der Waals surface area contributed by atoms with Gasteiger partial charge in [0.25, 0.3) is 0 Å². The van der Waals surface area contributed by atoms with E-state index in [1.165, 1.54) is 0 Å². The van der Waals surface area contributed by atoms with Gasteiger partial charge < -0.3 is 8.83 Å². The number of nitrogens with zero attached hydrogens (tertiary/aromatic N) is 2. The largest absolute Gasteiger partial charge is 2.00 e. The molecule has 5 heteroatoms. The molecule has 0 saturated carbocycles. The molecule has 0 bridgehead atoms. The normalized spacial score (nSPS) is 12.4. The predicted octanol–water partition coefficient (Wildman–Crippen LogP) is 6.24. The molecule has 0 saturated heterocycles. The first-order chi connectivity index (χ1) is 14.6. The van der Waals surface area contributed by atoms with Crippen LogP contribution in [0.15, 0.2) is 69.9 Å². The number of hydrogen-bond acceptors (Lipinski definition) is 4. The van der Waals surface area contributed by atoms with Crippen LogP contribution in [0.5, 0.6) is 0 Å². The minimum absolute atomic E-state index is 0. The molecule has 0 aliphatic carbocycles. The van der Waals surface area contributed by atoms with Crippen LogP contribution in [0.2, 0.25) is 0 Å². The fourth-order valence-corrected chi connectivity index (χ4v) is 3.63. The van der Waals surface area contributed by atoms with Gasteiger partial charge in [0.05, 0.1) is 11.4 Å². The van der Waals surface area contributed by atoms with Crippen LogP contribution in [-0.4, -0.2) is 9.97 Å². The van der Waals surface area contributed by atoms with Gasteiger partial charge in [0.15, 0.2) is 0 Å². The SMILES string of the molecule is CC(C)(c1[c-]cccc1)c1coc(C(C)(C)c2nc(C(C)(C)c3[c-]cccc3)co2)n1.[Pt+2]. The Morgan fingerprint density at radius 2 is 1.03 bits per heavy atom. The van der Waals surface area contributed by atoms with E-state index in [0.717, 1.165) is 22.5 Å². The standard InChI is InChI=1S/C27H28N2O2.Pt/c1-25(2,19-13-9-7-10-14-19)21-17-30-23(28-21)27(5,6)24-29-22(18-31-24)26(3,4)20-15-11-8-12-16-20;/h7-13,15,17-18H,1-6H3;/q-2;+2. The van der Waals surface area contributed by atoms with Gasteiger partial charge in [-0.1, -0.05) is 27.7 Å². The van der Waals surface area contributed by atoms with Crippen molar-refractivity contribution in [2.24, 2.45) is 0 Å². The van der Waals surface area contributed by atoms with Gasteiger partial charge in [0.2, 0.25) is 11.8 Å². The molecular weight excluding hydrogens is 579 g/mol. The van der Waals surface area contributed by atoms with Crippen LogP contribution in [0, 0.1) is 12.1 Å². The van der Waals surface area contributed by atoms with Crippen LogP contribution in [0.1, 0.15) is 75.8 Å². The summed E-state index contributed by atoms with van der Waals surface area (Å²) in [7, 11) is 0. The first kappa shape index (κ1) is 24.2. The zero-order valence-corrected chi connectivity index (χ0v) is 21.6. The van der Waals surface area contributed by atoms with Gasteiger partial charge in [-0.2, -0.15) is 71.8 Å². The van der Waals surface area contributed by atoms with Crippen molar-refractivity contribution >= 4 is 0 Å². The van der Waals surface area contributed by atoms with E-state index in [-0.39, 0.29) is 31.9 Å². The molecule has 2 heterocycles. The number of benzene rings is 2. The Labute approximate surface area is 204 Å². The van der Waals surface area contributed by atoms with E-state index in [4.69, 9.17) is 18.8 Å². The minimum Gasteiger partial charge on any atom is -0.448 e. The summed E-state index contributed by atoms with van der Waals surface area (Å²) >= 11 is 0. The molecule has 0 spiro atoms. The second-order valence-corrected chi connectivity index (χ2v) is 9.50. The number of rotatable bonds is 6. The number of aromatic nitrogens is 2. The van der Waals surface area contributed by atoms with Crippen LogP contribution in [0.3, 0.4) is 0 Å². The molecule has 32 heavy (non-hydrogen) atoms. The van der Waals surface area contributed by atoms with Gasteiger partial charge in [-0.05, 0) is 13.8 Å². The van der Waals surface area contributed by atoms with Gasteiger partial charge in [-0.25, -0.2) is 9.97 Å². The molecule has 4 rings (SSSR count). The minimum atomic E-state index is -0.622. The maximum absolute atomic E-state index is 5.94. The Balaban J connectivity index is 0.00000289. The van der Waals surface area contributed by atoms with E-state index in [0.29, 0.717) is 11.8 Å². The summed E-state index contributed by atoms with van der Waals surface area (Å²) in [6, 6.07) is 22.5. The Bertz CT molecular complexity index is 1070. The molecule has 0 aliphatic heterocycles. The van der Waals surface area contributed by atoms with Crippen LogP contribution in [0.4, 0.5) is 0 Å². The summed E-state index contributed by atoms with van der Waals surface area (Å²) in [6.45, 7) is 12.5. The third-order valence-corrected chi connectivity index (χ3v) is 6.12. The summed E-state index contributed by atoms with van der Waals surface area (Å²) in [5.41, 5.74) is 2.55. The molecule has 0 fully saturated rings. The van der Waals surface area contributed by atoms with Gasteiger partial charge >= 0.3 is 21.1 Å². The molecule has 0 radical (unpaired) electrons. The fraction of sp³-hybridized carbons (Fsp3) is 0.333. The predicted molar refractivity (Wildman–Crippen MR) is 120 cm³/mol. The number of oxazole rings is 2. The molecule has 0 unspecified atom stereocenters. The van der Waals surface area contributed by atoms with Crippen LogP contribution < -0.4 is 0 Å². The third-order valence-electron chi connectivity index (χ3n) is 6.12. The van der Waals surface area contributed by atoms with Crippen LogP contribution >= 0.6 is 0 Å². The van der Waals surface area contributed by atoms with E-state index in [2.05, 4.69) is 52.0 Å². The van der Waals surface area contributed by atoms with Gasteiger partial charge in [-0.3, -0.25) is 0 Å². The van der Waals surface area contributed by atoms with Crippen molar-refractivity contribution in [2.45, 2.75) is 57.8 Å². The maximum Gasteiger partial charge on any atom is 2.00 e. The Morgan fingerprint density at radius 3 is 1.38 bits per heavy atom. The topological polar surface area (TPSA) is 52.1 Å². The summed E-state index contributed by atoms with van der Waals surface area (Å²) < 4.78 is 11.9. The zero-order chi connectivity index (χ0) is 22.3. The molecule has 168 valence electrons. The van der Waals surface area contributed by atoms with E-state index < -0.39 is 5.41 Å². The Kier molecular flexibility index (Phi) is 6.67. The number of hydrogen-bond donors (Lipinski definition) is 0. The molecule has 4 nitrogen and oxygen atoms in total. The third kappa shape index (κ3) is 4.26. The molecular formula is C27H28N2O2Pt. The smallest absolute Gasteiger partial charge is 0.448 e. The maximum atomic E-state index is 5.94. The van der Waals surface area contributed by atoms with E-state index >= 15 is 0 Å². The fourth-order valence-electron chi connectivity index (χ4n) is 3.63. The first-order valence-electron chi connectivity index (χ1n) is 10.5. The molecule has 0 N–H and O–H groups in total. The van der Waals surface area contributed by atoms with E-state index in [1.807, 2.05) is 50.2 Å².